The molecular weight excluding hydrogens is 606 g/mol. The van der Waals surface area contributed by atoms with Crippen LogP contribution in [0.2, 0.25) is 10.0 Å². The molecule has 0 unspecified atom stereocenters. The molecule has 0 atom stereocenters. The van der Waals surface area contributed by atoms with E-state index in [1.807, 2.05) is 36.4 Å². The Morgan fingerprint density at radius 2 is 1.81 bits per heavy atom. The number of hydrogen-bond acceptors (Lipinski definition) is 5. The third-order valence-corrected chi connectivity index (χ3v) is 7.59. The van der Waals surface area contributed by atoms with Crippen LogP contribution in [0.4, 0.5) is 18.3 Å². The molecule has 6 nitrogen and oxygen atoms in total. The molecule has 12 heteroatoms. The van der Waals surface area contributed by atoms with Crippen molar-refractivity contribution in [1.29, 1.82) is 5.26 Å². The number of alkyl halides is 3. The maximum atomic E-state index is 13.1. The van der Waals surface area contributed by atoms with Crippen molar-refractivity contribution in [2.45, 2.75) is 12.6 Å². The molecule has 42 heavy (non-hydrogen) atoms. The number of carbonyl (C=O) groups excluding carboxylic acids is 1. The first-order chi connectivity index (χ1) is 20.1. The second kappa shape index (κ2) is 12.2. The summed E-state index contributed by atoms with van der Waals surface area (Å²) in [4.78, 5) is 17.8. The van der Waals surface area contributed by atoms with Gasteiger partial charge < -0.3 is 0 Å². The molecule has 0 spiro atoms. The fraction of sp³-hybridized carbons (Fsp3) is 0.0667. The molecule has 0 saturated heterocycles. The molecule has 2 aromatic heterocycles. The highest BCUT2D eigenvalue weighted by atomic mass is 35.5. The lowest BCUT2D eigenvalue weighted by Crippen LogP contribution is -2.13. The number of nitriles is 1. The predicted molar refractivity (Wildman–Crippen MR) is 158 cm³/mol. The zero-order valence-electron chi connectivity index (χ0n) is 21.4. The normalized spacial score (nSPS) is 11.8. The van der Waals surface area contributed by atoms with Crippen molar-refractivity contribution in [2.24, 2.45) is 0 Å². The largest absolute Gasteiger partial charge is 0.416 e. The number of amides is 1. The maximum absolute atomic E-state index is 13.1. The van der Waals surface area contributed by atoms with Crippen molar-refractivity contribution < 1.29 is 18.0 Å². The molecule has 2 heterocycles. The minimum absolute atomic E-state index is 0.0837. The summed E-state index contributed by atoms with van der Waals surface area (Å²) in [5.41, 5.74) is 1.84. The fourth-order valence-electron chi connectivity index (χ4n) is 4.03. The van der Waals surface area contributed by atoms with Gasteiger partial charge in [-0.3, -0.25) is 10.1 Å². The first kappa shape index (κ1) is 29.1. The number of benzene rings is 3. The summed E-state index contributed by atoms with van der Waals surface area (Å²) in [5, 5.41) is 18.0. The molecule has 0 aliphatic rings. The van der Waals surface area contributed by atoms with Crippen molar-refractivity contribution in [3.05, 3.63) is 122 Å². The number of carbonyl (C=O) groups is 1. The summed E-state index contributed by atoms with van der Waals surface area (Å²) in [6, 6.07) is 21.4. The van der Waals surface area contributed by atoms with E-state index >= 15 is 0 Å². The van der Waals surface area contributed by atoms with E-state index in [-0.39, 0.29) is 27.7 Å². The topological polar surface area (TPSA) is 83.6 Å². The predicted octanol–water partition coefficient (Wildman–Crippen LogP) is 8.46. The van der Waals surface area contributed by atoms with Crippen molar-refractivity contribution in [1.82, 2.24) is 14.8 Å². The van der Waals surface area contributed by atoms with Gasteiger partial charge in [-0.2, -0.15) is 23.5 Å². The number of nitrogens with zero attached hydrogens (tertiary/aromatic N) is 4. The van der Waals surface area contributed by atoms with Gasteiger partial charge in [-0.15, -0.1) is 11.3 Å². The van der Waals surface area contributed by atoms with Crippen molar-refractivity contribution in [2.75, 3.05) is 5.32 Å². The summed E-state index contributed by atoms with van der Waals surface area (Å²) < 4.78 is 41.0. The third-order valence-electron chi connectivity index (χ3n) is 6.06. The van der Waals surface area contributed by atoms with Gasteiger partial charge in [0.2, 0.25) is 0 Å². The zero-order chi connectivity index (χ0) is 29.9. The summed E-state index contributed by atoms with van der Waals surface area (Å²) in [6.07, 6.45) is 0.166. The van der Waals surface area contributed by atoms with Crippen LogP contribution < -0.4 is 5.32 Å². The lowest BCUT2D eigenvalue weighted by molar-refractivity contribution is -0.137. The molecule has 0 aliphatic carbocycles. The monoisotopic (exact) mass is 623 g/mol. The molecule has 5 rings (SSSR count). The van der Waals surface area contributed by atoms with Gasteiger partial charge in [0.25, 0.3) is 5.91 Å². The number of halogens is 5. The van der Waals surface area contributed by atoms with E-state index in [4.69, 9.17) is 23.2 Å². The molecule has 0 saturated carbocycles. The Morgan fingerprint density at radius 1 is 1.07 bits per heavy atom. The Labute approximate surface area is 252 Å². The molecule has 3 aromatic carbocycles. The Kier molecular flexibility index (Phi) is 8.45. The number of anilines is 1. The fourth-order valence-corrected chi connectivity index (χ4v) is 5.17. The van der Waals surface area contributed by atoms with Gasteiger partial charge >= 0.3 is 6.18 Å². The Balaban J connectivity index is 1.40. The lowest BCUT2D eigenvalue weighted by Gasteiger charge is -2.09. The minimum Gasteiger partial charge on any atom is -0.297 e. The van der Waals surface area contributed by atoms with Crippen LogP contribution in [0.15, 0.2) is 90.8 Å². The van der Waals surface area contributed by atoms with Gasteiger partial charge in [-0.1, -0.05) is 53.5 Å². The van der Waals surface area contributed by atoms with Crippen LogP contribution in [0, 0.1) is 11.3 Å². The molecule has 1 N–H and O–H groups in total. The standard InChI is InChI=1S/C30H18Cl2F3N5OS/c31-23-9-6-18(7-10-23)27-21(17-40(39-27)24-4-2-1-3-5-24)12-20(15-36)28(41)38-29-37-16-25(42-29)14-19-13-22(30(33,34)35)8-11-26(19)32/h1-13,16-17H,14H2,(H,37,38,41). The number of rotatable bonds is 7. The van der Waals surface area contributed by atoms with E-state index in [0.717, 1.165) is 34.7 Å². The Morgan fingerprint density at radius 3 is 2.50 bits per heavy atom. The second-order valence-corrected chi connectivity index (χ2v) is 10.9. The maximum Gasteiger partial charge on any atom is 0.416 e. The highest BCUT2D eigenvalue weighted by molar-refractivity contribution is 7.15. The number of para-hydroxylation sites is 1. The molecule has 0 fully saturated rings. The third kappa shape index (κ3) is 6.71. The Bertz CT molecular complexity index is 1820. The zero-order valence-corrected chi connectivity index (χ0v) is 23.7. The average Bonchev–Trinajstić information content (AvgIpc) is 3.60. The number of nitrogens with one attached hydrogen (secondary N) is 1. The SMILES string of the molecule is N#CC(=Cc1cn(-c2ccccc2)nc1-c1ccc(Cl)cc1)C(=O)Nc1ncc(Cc2cc(C(F)(F)F)ccc2Cl)s1. The van der Waals surface area contributed by atoms with E-state index < -0.39 is 17.6 Å². The summed E-state index contributed by atoms with van der Waals surface area (Å²) >= 11 is 13.2. The highest BCUT2D eigenvalue weighted by Crippen LogP contribution is 2.33. The molecule has 210 valence electrons. The van der Waals surface area contributed by atoms with Gasteiger partial charge in [0, 0.05) is 44.9 Å². The van der Waals surface area contributed by atoms with Gasteiger partial charge in [0.15, 0.2) is 5.13 Å². The number of thiazole rings is 1. The minimum atomic E-state index is -4.50. The van der Waals surface area contributed by atoms with Crippen LogP contribution in [0.3, 0.4) is 0 Å². The molecule has 1 amide bonds. The van der Waals surface area contributed by atoms with Crippen molar-refractivity contribution in [3.63, 3.8) is 0 Å². The van der Waals surface area contributed by atoms with E-state index in [0.29, 0.717) is 21.2 Å². The van der Waals surface area contributed by atoms with E-state index in [2.05, 4.69) is 15.4 Å². The van der Waals surface area contributed by atoms with Gasteiger partial charge in [0.1, 0.15) is 11.6 Å². The Hall–Kier alpha value is -4.43. The molecular formula is C30H18Cl2F3N5OS. The average molecular weight is 624 g/mol. The van der Waals surface area contributed by atoms with Crippen LogP contribution in [-0.2, 0) is 17.4 Å². The highest BCUT2D eigenvalue weighted by Gasteiger charge is 2.31. The van der Waals surface area contributed by atoms with Crippen molar-refractivity contribution in [3.8, 4) is 23.0 Å². The summed E-state index contributed by atoms with van der Waals surface area (Å²) in [7, 11) is 0. The number of aromatic nitrogens is 3. The molecule has 0 radical (unpaired) electrons. The van der Waals surface area contributed by atoms with Crippen LogP contribution in [-0.4, -0.2) is 20.7 Å². The van der Waals surface area contributed by atoms with Crippen LogP contribution in [0.1, 0.15) is 21.6 Å². The van der Waals surface area contributed by atoms with Gasteiger partial charge in [-0.05, 0) is 54.1 Å². The summed E-state index contributed by atoms with van der Waals surface area (Å²) in [6.45, 7) is 0. The lowest BCUT2D eigenvalue weighted by atomic mass is 10.1. The van der Waals surface area contributed by atoms with Gasteiger partial charge in [0.05, 0.1) is 16.9 Å². The molecule has 0 bridgehead atoms. The van der Waals surface area contributed by atoms with E-state index in [1.54, 1.807) is 35.1 Å². The van der Waals surface area contributed by atoms with Crippen molar-refractivity contribution >= 4 is 51.7 Å². The first-order valence-electron chi connectivity index (χ1n) is 12.3. The van der Waals surface area contributed by atoms with E-state index in [1.165, 1.54) is 18.3 Å². The smallest absolute Gasteiger partial charge is 0.297 e. The molecule has 5 aromatic rings. The summed E-state index contributed by atoms with van der Waals surface area (Å²) in [5.74, 6) is -0.704. The van der Waals surface area contributed by atoms with E-state index in [9.17, 15) is 23.2 Å². The quantitative estimate of drug-likeness (QED) is 0.146. The molecule has 0 aliphatic heterocycles. The van der Waals surface area contributed by atoms with Crippen LogP contribution in [0.5, 0.6) is 0 Å². The van der Waals surface area contributed by atoms with Crippen LogP contribution >= 0.6 is 34.5 Å². The van der Waals surface area contributed by atoms with Gasteiger partial charge in [-0.25, -0.2) is 9.67 Å². The second-order valence-electron chi connectivity index (χ2n) is 8.96. The first-order valence-corrected chi connectivity index (χ1v) is 13.8. The van der Waals surface area contributed by atoms with Crippen LogP contribution in [0.25, 0.3) is 23.0 Å². The number of hydrogen-bond donors (Lipinski definition) is 1.